The van der Waals surface area contributed by atoms with Gasteiger partial charge in [-0.25, -0.2) is 4.39 Å². The fourth-order valence-corrected chi connectivity index (χ4v) is 2.38. The van der Waals surface area contributed by atoms with Crippen molar-refractivity contribution < 1.29 is 4.39 Å². The summed E-state index contributed by atoms with van der Waals surface area (Å²) in [6.07, 6.45) is 0. The van der Waals surface area contributed by atoms with Gasteiger partial charge in [0.05, 0.1) is 0 Å². The summed E-state index contributed by atoms with van der Waals surface area (Å²) in [4.78, 5) is 4.71. The molecular weight excluding hydrogens is 217 g/mol. The molecule has 1 fully saturated rings. The average Bonchev–Trinajstić information content (AvgIpc) is 2.33. The summed E-state index contributed by atoms with van der Waals surface area (Å²) in [6, 6.07) is 7.23. The van der Waals surface area contributed by atoms with Crippen molar-refractivity contribution in [3.05, 3.63) is 30.1 Å². The highest BCUT2D eigenvalue weighted by Crippen LogP contribution is 2.19. The van der Waals surface area contributed by atoms with Gasteiger partial charge in [-0.3, -0.25) is 4.90 Å². The van der Waals surface area contributed by atoms with Gasteiger partial charge >= 0.3 is 0 Å². The smallest absolute Gasteiger partial charge is 0.123 e. The lowest BCUT2D eigenvalue weighted by Crippen LogP contribution is -2.53. The van der Waals surface area contributed by atoms with E-state index in [1.165, 1.54) is 12.1 Å². The molecule has 0 bridgehead atoms. The van der Waals surface area contributed by atoms with Crippen molar-refractivity contribution >= 4 is 5.69 Å². The van der Waals surface area contributed by atoms with E-state index in [2.05, 4.69) is 16.7 Å². The highest BCUT2D eigenvalue weighted by Gasteiger charge is 2.22. The van der Waals surface area contributed by atoms with Gasteiger partial charge in [-0.1, -0.05) is 0 Å². The highest BCUT2D eigenvalue weighted by atomic mass is 19.1. The van der Waals surface area contributed by atoms with E-state index in [0.29, 0.717) is 12.6 Å². The number of piperazine rings is 1. The van der Waals surface area contributed by atoms with Gasteiger partial charge in [-0.15, -0.1) is 0 Å². The Morgan fingerprint density at radius 1 is 1.29 bits per heavy atom. The van der Waals surface area contributed by atoms with Crippen LogP contribution in [0.1, 0.15) is 6.92 Å². The van der Waals surface area contributed by atoms with Gasteiger partial charge in [0.1, 0.15) is 5.82 Å². The molecule has 1 aromatic carbocycles. The van der Waals surface area contributed by atoms with E-state index in [1.807, 2.05) is 12.1 Å². The fraction of sp³-hybridized carbons (Fsp3) is 0.538. The topological polar surface area (TPSA) is 32.5 Å². The Bertz CT molecular complexity index is 352. The second-order valence-electron chi connectivity index (χ2n) is 4.60. The summed E-state index contributed by atoms with van der Waals surface area (Å²) in [5.74, 6) is -0.177. The van der Waals surface area contributed by atoms with Crippen LogP contribution < -0.4 is 10.6 Å². The van der Waals surface area contributed by atoms with Crippen molar-refractivity contribution in [1.82, 2.24) is 4.90 Å². The third kappa shape index (κ3) is 2.96. The van der Waals surface area contributed by atoms with Crippen LogP contribution in [0.4, 0.5) is 10.1 Å². The third-order valence-corrected chi connectivity index (χ3v) is 3.37. The van der Waals surface area contributed by atoms with E-state index in [9.17, 15) is 4.39 Å². The first-order valence-corrected chi connectivity index (χ1v) is 6.15. The van der Waals surface area contributed by atoms with Crippen LogP contribution in [0, 0.1) is 5.82 Å². The first-order chi connectivity index (χ1) is 8.20. The molecule has 0 spiro atoms. The molecule has 0 amide bonds. The second kappa shape index (κ2) is 5.47. The Labute approximate surface area is 102 Å². The van der Waals surface area contributed by atoms with Crippen LogP contribution >= 0.6 is 0 Å². The van der Waals surface area contributed by atoms with Crippen LogP contribution in [0.3, 0.4) is 0 Å². The quantitative estimate of drug-likeness (QED) is 0.860. The van der Waals surface area contributed by atoms with Crippen LogP contribution in [-0.2, 0) is 0 Å². The van der Waals surface area contributed by atoms with Gasteiger partial charge in [-0.2, -0.15) is 0 Å². The Morgan fingerprint density at radius 3 is 2.59 bits per heavy atom. The Hall–Kier alpha value is -1.13. The number of nitrogens with two attached hydrogens (primary N) is 1. The number of halogens is 1. The van der Waals surface area contributed by atoms with Gasteiger partial charge < -0.3 is 10.6 Å². The van der Waals surface area contributed by atoms with Crippen molar-refractivity contribution in [3.63, 3.8) is 0 Å². The lowest BCUT2D eigenvalue weighted by Gasteiger charge is -2.40. The molecule has 0 aliphatic carbocycles. The second-order valence-corrected chi connectivity index (χ2v) is 4.60. The van der Waals surface area contributed by atoms with E-state index in [1.54, 1.807) is 0 Å². The normalized spacial score (nSPS) is 21.8. The average molecular weight is 237 g/mol. The summed E-state index contributed by atoms with van der Waals surface area (Å²) in [5, 5.41) is 0. The lowest BCUT2D eigenvalue weighted by atomic mass is 10.1. The number of rotatable bonds is 3. The Morgan fingerprint density at radius 2 is 2.00 bits per heavy atom. The van der Waals surface area contributed by atoms with E-state index < -0.39 is 0 Å². The van der Waals surface area contributed by atoms with Gasteiger partial charge in [-0.05, 0) is 31.2 Å². The Kier molecular flexibility index (Phi) is 3.97. The molecule has 0 radical (unpaired) electrons. The molecule has 1 aromatic rings. The summed E-state index contributed by atoms with van der Waals surface area (Å²) in [7, 11) is 0. The van der Waals surface area contributed by atoms with Crippen LogP contribution in [0.5, 0.6) is 0 Å². The molecule has 3 nitrogen and oxygen atoms in total. The van der Waals surface area contributed by atoms with Gasteiger partial charge in [0, 0.05) is 44.5 Å². The summed E-state index contributed by atoms with van der Waals surface area (Å²) >= 11 is 0. The van der Waals surface area contributed by atoms with E-state index in [4.69, 9.17) is 5.73 Å². The molecule has 2 rings (SSSR count). The number of hydrogen-bond donors (Lipinski definition) is 1. The molecular formula is C13H20FN3. The minimum atomic E-state index is -0.177. The molecule has 0 saturated carbocycles. The summed E-state index contributed by atoms with van der Waals surface area (Å²) in [6.45, 7) is 6.86. The molecule has 1 aliphatic rings. The van der Waals surface area contributed by atoms with Crippen molar-refractivity contribution in [2.24, 2.45) is 5.73 Å². The minimum Gasteiger partial charge on any atom is -0.369 e. The first kappa shape index (κ1) is 12.3. The maximum atomic E-state index is 12.9. The SMILES string of the molecule is CC1CN(c2ccc(F)cc2)CCN1CCN. The molecule has 4 heteroatoms. The van der Waals surface area contributed by atoms with Crippen LogP contribution in [0.15, 0.2) is 24.3 Å². The predicted octanol–water partition coefficient (Wildman–Crippen LogP) is 1.29. The predicted molar refractivity (Wildman–Crippen MR) is 68.7 cm³/mol. The monoisotopic (exact) mass is 237 g/mol. The molecule has 1 heterocycles. The van der Waals surface area contributed by atoms with Crippen LogP contribution in [-0.4, -0.2) is 43.7 Å². The largest absolute Gasteiger partial charge is 0.369 e. The molecule has 1 aliphatic heterocycles. The van der Waals surface area contributed by atoms with Crippen molar-refractivity contribution in [2.45, 2.75) is 13.0 Å². The number of benzene rings is 1. The van der Waals surface area contributed by atoms with Crippen molar-refractivity contribution in [1.29, 1.82) is 0 Å². The molecule has 0 aromatic heterocycles. The van der Waals surface area contributed by atoms with Crippen molar-refractivity contribution in [2.75, 3.05) is 37.6 Å². The number of nitrogens with zero attached hydrogens (tertiary/aromatic N) is 2. The molecule has 1 saturated heterocycles. The van der Waals surface area contributed by atoms with Crippen LogP contribution in [0.25, 0.3) is 0 Å². The fourth-order valence-electron chi connectivity index (χ4n) is 2.38. The standard InChI is InChI=1S/C13H20FN3/c1-11-10-17(9-8-16(11)7-6-15)13-4-2-12(14)3-5-13/h2-5,11H,6-10,15H2,1H3. The molecule has 2 N–H and O–H groups in total. The maximum absolute atomic E-state index is 12.9. The number of anilines is 1. The lowest BCUT2D eigenvalue weighted by molar-refractivity contribution is 0.195. The molecule has 1 atom stereocenters. The zero-order valence-electron chi connectivity index (χ0n) is 10.3. The van der Waals surface area contributed by atoms with Gasteiger partial charge in [0.25, 0.3) is 0 Å². The van der Waals surface area contributed by atoms with Crippen molar-refractivity contribution in [3.8, 4) is 0 Å². The highest BCUT2D eigenvalue weighted by molar-refractivity contribution is 5.46. The zero-order valence-corrected chi connectivity index (χ0v) is 10.3. The van der Waals surface area contributed by atoms with E-state index in [-0.39, 0.29) is 5.82 Å². The minimum absolute atomic E-state index is 0.177. The van der Waals surface area contributed by atoms with E-state index >= 15 is 0 Å². The Balaban J connectivity index is 1.99. The van der Waals surface area contributed by atoms with Gasteiger partial charge in [0.2, 0.25) is 0 Å². The van der Waals surface area contributed by atoms with Crippen LogP contribution in [0.2, 0.25) is 0 Å². The van der Waals surface area contributed by atoms with Gasteiger partial charge in [0.15, 0.2) is 0 Å². The zero-order chi connectivity index (χ0) is 12.3. The molecule has 17 heavy (non-hydrogen) atoms. The first-order valence-electron chi connectivity index (χ1n) is 6.15. The summed E-state index contributed by atoms with van der Waals surface area (Å²) < 4.78 is 12.9. The summed E-state index contributed by atoms with van der Waals surface area (Å²) in [5.41, 5.74) is 6.69. The maximum Gasteiger partial charge on any atom is 0.123 e. The number of hydrogen-bond acceptors (Lipinski definition) is 3. The molecule has 1 unspecified atom stereocenters. The molecule has 94 valence electrons. The van der Waals surface area contributed by atoms with E-state index in [0.717, 1.165) is 31.9 Å². The third-order valence-electron chi connectivity index (χ3n) is 3.37.